The Labute approximate surface area is 185 Å². The van der Waals surface area contributed by atoms with Crippen LogP contribution in [0.1, 0.15) is 41.2 Å². The number of aromatic nitrogens is 2. The van der Waals surface area contributed by atoms with Crippen molar-refractivity contribution >= 4 is 34.4 Å². The fourth-order valence-electron chi connectivity index (χ4n) is 3.86. The molecule has 0 N–H and O–H groups in total. The summed E-state index contributed by atoms with van der Waals surface area (Å²) >= 11 is 0. The topological polar surface area (TPSA) is 92.7 Å². The van der Waals surface area contributed by atoms with Crippen molar-refractivity contribution in [3.63, 3.8) is 0 Å². The summed E-state index contributed by atoms with van der Waals surface area (Å²) in [5.41, 5.74) is 1.78. The van der Waals surface area contributed by atoms with Crippen molar-refractivity contribution in [3.05, 3.63) is 59.7 Å². The minimum Gasteiger partial charge on any atom is -0.481 e. The quantitative estimate of drug-likeness (QED) is 0.569. The Morgan fingerprint density at radius 1 is 1.03 bits per heavy atom. The number of pyridine rings is 2. The highest BCUT2D eigenvalue weighted by Crippen LogP contribution is 2.39. The zero-order chi connectivity index (χ0) is 22.8. The summed E-state index contributed by atoms with van der Waals surface area (Å²) < 4.78 is 5.19. The Hall–Kier alpha value is -3.81. The standard InChI is InChI=1S/C24H24N4O4/c1-27(2)22(30)13-10-16(29)14-19-17-6-4-5-7-18(17)24(31)28(19)20-11-8-15-9-12-21(32-3)26-23(15)25-20/h4-9,11-12,19H,10,13-14H2,1-3H3. The molecule has 2 amide bonds. The van der Waals surface area contributed by atoms with Crippen LogP contribution in [0.25, 0.3) is 11.0 Å². The second kappa shape index (κ2) is 8.74. The minimum atomic E-state index is -0.490. The number of ether oxygens (including phenoxy) is 1. The van der Waals surface area contributed by atoms with Crippen molar-refractivity contribution < 1.29 is 19.1 Å². The molecule has 8 heteroatoms. The third-order valence-corrected chi connectivity index (χ3v) is 5.59. The van der Waals surface area contributed by atoms with Crippen molar-refractivity contribution in [2.75, 3.05) is 26.1 Å². The van der Waals surface area contributed by atoms with Crippen LogP contribution in [0, 0.1) is 0 Å². The number of benzene rings is 1. The van der Waals surface area contributed by atoms with Gasteiger partial charge in [0, 0.05) is 50.4 Å². The predicted molar refractivity (Wildman–Crippen MR) is 120 cm³/mol. The monoisotopic (exact) mass is 432 g/mol. The van der Waals surface area contributed by atoms with Crippen LogP contribution >= 0.6 is 0 Å². The first-order valence-electron chi connectivity index (χ1n) is 10.3. The van der Waals surface area contributed by atoms with Crippen molar-refractivity contribution in [3.8, 4) is 5.88 Å². The van der Waals surface area contributed by atoms with Gasteiger partial charge in [0.15, 0.2) is 5.65 Å². The fraction of sp³-hybridized carbons (Fsp3) is 0.292. The molecular formula is C24H24N4O4. The van der Waals surface area contributed by atoms with Crippen LogP contribution in [0.5, 0.6) is 5.88 Å². The fourth-order valence-corrected chi connectivity index (χ4v) is 3.86. The molecule has 0 saturated heterocycles. The summed E-state index contributed by atoms with van der Waals surface area (Å²) in [7, 11) is 4.85. The molecule has 0 radical (unpaired) electrons. The molecule has 2 aromatic heterocycles. The smallest absolute Gasteiger partial charge is 0.260 e. The molecule has 3 aromatic rings. The molecule has 0 aliphatic carbocycles. The molecule has 164 valence electrons. The van der Waals surface area contributed by atoms with E-state index in [-0.39, 0.29) is 36.9 Å². The molecule has 4 rings (SSSR count). The number of hydrogen-bond acceptors (Lipinski definition) is 6. The van der Waals surface area contributed by atoms with Crippen LogP contribution < -0.4 is 9.64 Å². The summed E-state index contributed by atoms with van der Waals surface area (Å²) in [4.78, 5) is 49.9. The van der Waals surface area contributed by atoms with E-state index in [4.69, 9.17) is 4.74 Å². The Kier molecular flexibility index (Phi) is 5.85. The zero-order valence-electron chi connectivity index (χ0n) is 18.2. The van der Waals surface area contributed by atoms with Crippen LogP contribution in [-0.4, -0.2) is 53.7 Å². The molecule has 1 aromatic carbocycles. The molecule has 1 unspecified atom stereocenters. The molecule has 1 atom stereocenters. The van der Waals surface area contributed by atoms with E-state index >= 15 is 0 Å². The van der Waals surface area contributed by atoms with E-state index in [9.17, 15) is 14.4 Å². The molecule has 0 saturated carbocycles. The molecular weight excluding hydrogens is 408 g/mol. The Bertz CT molecular complexity index is 1210. The second-order valence-electron chi connectivity index (χ2n) is 7.88. The van der Waals surface area contributed by atoms with Crippen LogP contribution in [0.3, 0.4) is 0 Å². The predicted octanol–water partition coefficient (Wildman–Crippen LogP) is 3.17. The van der Waals surface area contributed by atoms with Gasteiger partial charge in [-0.2, -0.15) is 4.98 Å². The first-order valence-corrected chi connectivity index (χ1v) is 10.3. The van der Waals surface area contributed by atoms with Crippen molar-refractivity contribution in [1.82, 2.24) is 14.9 Å². The van der Waals surface area contributed by atoms with Crippen LogP contribution in [0.15, 0.2) is 48.5 Å². The molecule has 32 heavy (non-hydrogen) atoms. The number of carbonyl (C=O) groups is 3. The number of methoxy groups -OCH3 is 1. The minimum absolute atomic E-state index is 0.0831. The van der Waals surface area contributed by atoms with Crippen molar-refractivity contribution in [1.29, 1.82) is 0 Å². The summed E-state index contributed by atoms with van der Waals surface area (Å²) in [5.74, 6) is 0.448. The molecule has 1 aliphatic heterocycles. The van der Waals surface area contributed by atoms with E-state index in [2.05, 4.69) is 9.97 Å². The highest BCUT2D eigenvalue weighted by molar-refractivity contribution is 6.11. The average Bonchev–Trinajstić information content (AvgIpc) is 3.08. The molecule has 0 fully saturated rings. The van der Waals surface area contributed by atoms with Gasteiger partial charge in [0.25, 0.3) is 5.91 Å². The molecule has 3 heterocycles. The van der Waals surface area contributed by atoms with Crippen LogP contribution in [0.4, 0.5) is 5.82 Å². The number of Topliss-reactive ketones (excluding diaryl/α,β-unsaturated/α-hetero) is 1. The van der Waals surface area contributed by atoms with E-state index in [1.807, 2.05) is 24.3 Å². The SMILES string of the molecule is COc1ccc2ccc(N3C(=O)c4ccccc4C3CC(=O)CCC(=O)N(C)C)nc2n1. The number of fused-ring (bicyclic) bond motifs is 2. The highest BCUT2D eigenvalue weighted by atomic mass is 16.5. The lowest BCUT2D eigenvalue weighted by molar-refractivity contribution is -0.131. The maximum Gasteiger partial charge on any atom is 0.260 e. The van der Waals surface area contributed by atoms with Gasteiger partial charge in [-0.25, -0.2) is 4.98 Å². The van der Waals surface area contributed by atoms with Gasteiger partial charge >= 0.3 is 0 Å². The van der Waals surface area contributed by atoms with Gasteiger partial charge < -0.3 is 9.64 Å². The number of anilines is 1. The van der Waals surface area contributed by atoms with E-state index in [0.29, 0.717) is 22.9 Å². The van der Waals surface area contributed by atoms with Gasteiger partial charge in [-0.3, -0.25) is 19.3 Å². The number of ketones is 1. The Morgan fingerprint density at radius 3 is 2.53 bits per heavy atom. The van der Waals surface area contributed by atoms with Gasteiger partial charge in [0.1, 0.15) is 11.6 Å². The number of rotatable bonds is 7. The molecule has 0 spiro atoms. The third-order valence-electron chi connectivity index (χ3n) is 5.59. The lowest BCUT2D eigenvalue weighted by Gasteiger charge is -2.24. The number of carbonyl (C=O) groups excluding carboxylic acids is 3. The summed E-state index contributed by atoms with van der Waals surface area (Å²) in [6.07, 6.45) is 0.377. The number of amides is 2. The molecule has 8 nitrogen and oxygen atoms in total. The third kappa shape index (κ3) is 4.03. The highest BCUT2D eigenvalue weighted by Gasteiger charge is 2.39. The van der Waals surface area contributed by atoms with E-state index in [0.717, 1.165) is 10.9 Å². The van der Waals surface area contributed by atoms with Gasteiger partial charge in [-0.15, -0.1) is 0 Å². The van der Waals surface area contributed by atoms with Crippen LogP contribution in [-0.2, 0) is 9.59 Å². The number of nitrogens with zero attached hydrogens (tertiary/aromatic N) is 4. The van der Waals surface area contributed by atoms with Gasteiger partial charge in [-0.05, 0) is 29.8 Å². The van der Waals surface area contributed by atoms with Crippen LogP contribution in [0.2, 0.25) is 0 Å². The normalized spacial score (nSPS) is 15.0. The lowest BCUT2D eigenvalue weighted by atomic mass is 9.98. The second-order valence-corrected chi connectivity index (χ2v) is 7.88. The zero-order valence-corrected chi connectivity index (χ0v) is 18.2. The lowest BCUT2D eigenvalue weighted by Crippen LogP contribution is -2.30. The van der Waals surface area contributed by atoms with Gasteiger partial charge in [0.05, 0.1) is 13.2 Å². The molecule has 0 bridgehead atoms. The first kappa shape index (κ1) is 21.4. The van der Waals surface area contributed by atoms with E-state index < -0.39 is 6.04 Å². The van der Waals surface area contributed by atoms with Gasteiger partial charge in [-0.1, -0.05) is 18.2 Å². The largest absolute Gasteiger partial charge is 0.481 e. The Morgan fingerprint density at radius 2 is 1.78 bits per heavy atom. The maximum atomic E-state index is 13.3. The summed E-state index contributed by atoms with van der Waals surface area (Å²) in [6, 6.07) is 14.0. The van der Waals surface area contributed by atoms with Crippen molar-refractivity contribution in [2.24, 2.45) is 0 Å². The summed E-state index contributed by atoms with van der Waals surface area (Å²) in [5, 5.41) is 0.813. The Balaban J connectivity index is 1.67. The maximum absolute atomic E-state index is 13.3. The van der Waals surface area contributed by atoms with Gasteiger partial charge in [0.2, 0.25) is 11.8 Å². The molecule has 1 aliphatic rings. The van der Waals surface area contributed by atoms with Crippen molar-refractivity contribution in [2.45, 2.75) is 25.3 Å². The first-order chi connectivity index (χ1) is 15.4. The van der Waals surface area contributed by atoms with E-state index in [1.165, 1.54) is 12.0 Å². The summed E-state index contributed by atoms with van der Waals surface area (Å²) in [6.45, 7) is 0. The number of hydrogen-bond donors (Lipinski definition) is 0. The average molecular weight is 432 g/mol. The van der Waals surface area contributed by atoms with E-state index in [1.54, 1.807) is 43.3 Å².